The zero-order valence-electron chi connectivity index (χ0n) is 7.85. The van der Waals surface area contributed by atoms with Gasteiger partial charge in [0.2, 0.25) is 0 Å². The Morgan fingerprint density at radius 1 is 1.54 bits per heavy atom. The molecular weight excluding hydrogens is 190 g/mol. The molecule has 0 bridgehead atoms. The van der Waals surface area contributed by atoms with Gasteiger partial charge in [0.25, 0.3) is 0 Å². The smallest absolute Gasteiger partial charge is 0.180 e. The van der Waals surface area contributed by atoms with Crippen molar-refractivity contribution < 1.29 is 8.42 Å². The van der Waals surface area contributed by atoms with Crippen LogP contribution in [0.5, 0.6) is 0 Å². The Hall–Kier alpha value is -1.04. The predicted octanol–water partition coefficient (Wildman–Crippen LogP) is 0.450. The molecule has 0 spiro atoms. The van der Waals surface area contributed by atoms with E-state index in [1.807, 2.05) is 13.8 Å². The zero-order valence-corrected chi connectivity index (χ0v) is 8.67. The first-order valence-corrected chi connectivity index (χ1v) is 5.76. The lowest BCUT2D eigenvalue weighted by molar-refractivity contribution is 0.540. The quantitative estimate of drug-likeness (QED) is 0.757. The Kier molecular flexibility index (Phi) is 2.34. The van der Waals surface area contributed by atoms with Crippen LogP contribution in [0.25, 0.3) is 0 Å². The lowest BCUT2D eigenvalue weighted by Gasteiger charge is -2.07. The van der Waals surface area contributed by atoms with E-state index in [4.69, 9.17) is 5.73 Å². The van der Waals surface area contributed by atoms with E-state index in [0.717, 1.165) is 6.26 Å². The topological polar surface area (TPSA) is 78.0 Å². The molecule has 6 heteroatoms. The van der Waals surface area contributed by atoms with Gasteiger partial charge < -0.3 is 5.73 Å². The third-order valence-electron chi connectivity index (χ3n) is 1.69. The summed E-state index contributed by atoms with van der Waals surface area (Å²) < 4.78 is 23.8. The summed E-state index contributed by atoms with van der Waals surface area (Å²) in [6, 6.07) is 0.0653. The van der Waals surface area contributed by atoms with Crippen molar-refractivity contribution in [2.75, 3.05) is 12.0 Å². The van der Waals surface area contributed by atoms with Gasteiger partial charge in [-0.25, -0.2) is 13.1 Å². The molecule has 0 saturated heterocycles. The molecule has 0 amide bonds. The second-order valence-electron chi connectivity index (χ2n) is 3.20. The third-order valence-corrected chi connectivity index (χ3v) is 2.80. The van der Waals surface area contributed by atoms with E-state index >= 15 is 0 Å². The summed E-state index contributed by atoms with van der Waals surface area (Å²) in [5.41, 5.74) is 5.61. The van der Waals surface area contributed by atoms with Gasteiger partial charge in [0.05, 0.1) is 6.20 Å². The van der Waals surface area contributed by atoms with Crippen molar-refractivity contribution in [2.24, 2.45) is 0 Å². The molecular formula is C7H13N3O2S. The van der Waals surface area contributed by atoms with Gasteiger partial charge in [0.1, 0.15) is 10.7 Å². The number of nitrogens with zero attached hydrogens (tertiary/aromatic N) is 2. The summed E-state index contributed by atoms with van der Waals surface area (Å²) in [6.07, 6.45) is 2.40. The maximum Gasteiger partial charge on any atom is 0.180 e. The number of sulfone groups is 1. The lowest BCUT2D eigenvalue weighted by Crippen LogP contribution is -2.09. The van der Waals surface area contributed by atoms with E-state index in [0.29, 0.717) is 0 Å². The Balaban J connectivity index is 3.30. The molecule has 1 rings (SSSR count). The van der Waals surface area contributed by atoms with Gasteiger partial charge in [-0.05, 0) is 13.8 Å². The number of rotatable bonds is 2. The van der Waals surface area contributed by atoms with Crippen molar-refractivity contribution in [2.45, 2.75) is 24.8 Å². The Labute approximate surface area is 77.5 Å². The van der Waals surface area contributed by atoms with E-state index in [2.05, 4.69) is 5.10 Å². The van der Waals surface area contributed by atoms with Crippen LogP contribution in [0.3, 0.4) is 0 Å². The van der Waals surface area contributed by atoms with Crippen molar-refractivity contribution in [1.82, 2.24) is 9.78 Å². The van der Waals surface area contributed by atoms with Crippen LogP contribution in [0, 0.1) is 0 Å². The van der Waals surface area contributed by atoms with Crippen LogP contribution in [-0.4, -0.2) is 24.5 Å². The highest BCUT2D eigenvalue weighted by Gasteiger charge is 2.17. The second-order valence-corrected chi connectivity index (χ2v) is 5.19. The lowest BCUT2D eigenvalue weighted by atomic mass is 10.4. The van der Waals surface area contributed by atoms with E-state index in [-0.39, 0.29) is 16.8 Å². The molecule has 0 aliphatic heterocycles. The van der Waals surface area contributed by atoms with Gasteiger partial charge in [-0.1, -0.05) is 0 Å². The largest absolute Gasteiger partial charge is 0.383 e. The molecule has 2 N–H and O–H groups in total. The molecule has 0 unspecified atom stereocenters. The van der Waals surface area contributed by atoms with Gasteiger partial charge in [-0.15, -0.1) is 0 Å². The molecule has 1 aromatic rings. The number of hydrogen-bond donors (Lipinski definition) is 1. The van der Waals surface area contributed by atoms with E-state index in [1.165, 1.54) is 10.9 Å². The summed E-state index contributed by atoms with van der Waals surface area (Å²) >= 11 is 0. The van der Waals surface area contributed by atoms with Crippen molar-refractivity contribution >= 4 is 15.7 Å². The first-order valence-electron chi connectivity index (χ1n) is 3.87. The van der Waals surface area contributed by atoms with Crippen molar-refractivity contribution in [3.8, 4) is 0 Å². The van der Waals surface area contributed by atoms with Crippen LogP contribution >= 0.6 is 0 Å². The Morgan fingerprint density at radius 2 is 2.08 bits per heavy atom. The molecule has 0 saturated carbocycles. The highest BCUT2D eigenvalue weighted by molar-refractivity contribution is 7.90. The van der Waals surface area contributed by atoms with Crippen molar-refractivity contribution in [3.05, 3.63) is 6.20 Å². The van der Waals surface area contributed by atoms with Crippen LogP contribution in [0.15, 0.2) is 11.1 Å². The normalized spacial score (nSPS) is 12.3. The maximum atomic E-state index is 11.2. The molecule has 0 atom stereocenters. The third kappa shape index (κ3) is 1.82. The number of anilines is 1. The van der Waals surface area contributed by atoms with Gasteiger partial charge in [-0.3, -0.25) is 0 Å². The molecule has 13 heavy (non-hydrogen) atoms. The Bertz CT molecular complexity index is 405. The zero-order chi connectivity index (χ0) is 10.2. The number of hydrogen-bond acceptors (Lipinski definition) is 4. The van der Waals surface area contributed by atoms with Crippen LogP contribution in [0.2, 0.25) is 0 Å². The monoisotopic (exact) mass is 203 g/mol. The highest BCUT2D eigenvalue weighted by Crippen LogP contribution is 2.20. The van der Waals surface area contributed by atoms with Crippen LogP contribution in [0.4, 0.5) is 5.82 Å². The summed E-state index contributed by atoms with van der Waals surface area (Å²) in [5.74, 6) is 0.206. The minimum absolute atomic E-state index is 0.0653. The summed E-state index contributed by atoms with van der Waals surface area (Å²) in [5, 5.41) is 3.89. The van der Waals surface area contributed by atoms with Crippen molar-refractivity contribution in [1.29, 1.82) is 0 Å². The predicted molar refractivity (Wildman–Crippen MR) is 50.1 cm³/mol. The van der Waals surface area contributed by atoms with Gasteiger partial charge >= 0.3 is 0 Å². The molecule has 74 valence electrons. The highest BCUT2D eigenvalue weighted by atomic mass is 32.2. The summed E-state index contributed by atoms with van der Waals surface area (Å²) in [7, 11) is -3.25. The SMILES string of the molecule is CC(C)n1ncc(S(C)(=O)=O)c1N. The van der Waals surface area contributed by atoms with Gasteiger partial charge in [0.15, 0.2) is 9.84 Å². The molecule has 1 heterocycles. The minimum atomic E-state index is -3.25. The molecule has 0 aliphatic rings. The fourth-order valence-electron chi connectivity index (χ4n) is 1.05. The van der Waals surface area contributed by atoms with Crippen LogP contribution in [0.1, 0.15) is 19.9 Å². The van der Waals surface area contributed by atoms with Gasteiger partial charge in [-0.2, -0.15) is 5.10 Å². The molecule has 1 aromatic heterocycles. The minimum Gasteiger partial charge on any atom is -0.383 e. The molecule has 5 nitrogen and oxygen atoms in total. The fourth-order valence-corrected chi connectivity index (χ4v) is 1.77. The van der Waals surface area contributed by atoms with Gasteiger partial charge in [0, 0.05) is 12.3 Å². The molecule has 0 aliphatic carbocycles. The standard InChI is InChI=1S/C7H13N3O2S/c1-5(2)10-7(8)6(4-9-10)13(3,11)12/h4-5H,8H2,1-3H3. The van der Waals surface area contributed by atoms with Crippen LogP contribution in [-0.2, 0) is 9.84 Å². The number of nitrogens with two attached hydrogens (primary N) is 1. The van der Waals surface area contributed by atoms with E-state index in [9.17, 15) is 8.42 Å². The first kappa shape index (κ1) is 10.0. The number of aromatic nitrogens is 2. The number of nitrogen functional groups attached to an aromatic ring is 1. The molecule has 0 aromatic carbocycles. The van der Waals surface area contributed by atoms with E-state index < -0.39 is 9.84 Å². The first-order chi connectivity index (χ1) is 5.84. The average molecular weight is 203 g/mol. The maximum absolute atomic E-state index is 11.2. The molecule has 0 radical (unpaired) electrons. The summed E-state index contributed by atoms with van der Waals surface area (Å²) in [6.45, 7) is 3.77. The molecule has 0 fully saturated rings. The van der Waals surface area contributed by atoms with Crippen molar-refractivity contribution in [3.63, 3.8) is 0 Å². The Morgan fingerprint density at radius 3 is 2.31 bits per heavy atom. The van der Waals surface area contributed by atoms with Crippen LogP contribution < -0.4 is 5.73 Å². The summed E-state index contributed by atoms with van der Waals surface area (Å²) in [4.78, 5) is 0.0983. The van der Waals surface area contributed by atoms with E-state index in [1.54, 1.807) is 0 Å². The second kappa shape index (κ2) is 3.02. The fraction of sp³-hybridized carbons (Fsp3) is 0.571. The average Bonchev–Trinajstić information content (AvgIpc) is 2.28.